The highest BCUT2D eigenvalue weighted by molar-refractivity contribution is 5.97. The van der Waals surface area contributed by atoms with Crippen LogP contribution in [0.25, 0.3) is 0 Å². The largest absolute Gasteiger partial charge is 0.468 e. The summed E-state index contributed by atoms with van der Waals surface area (Å²) < 4.78 is 4.71. The molecule has 3 heteroatoms. The molecule has 0 aliphatic heterocycles. The zero-order valence-electron chi connectivity index (χ0n) is 12.6. The van der Waals surface area contributed by atoms with Crippen LogP contribution in [0.15, 0.2) is 12.2 Å². The molecule has 0 N–H and O–H groups in total. The number of ether oxygens (including phenoxy) is 1. The Bertz CT molecular complexity index is 368. The summed E-state index contributed by atoms with van der Waals surface area (Å²) in [4.78, 5) is 23.1. The second kappa shape index (κ2) is 6.36. The zero-order valence-corrected chi connectivity index (χ0v) is 12.6. The van der Waals surface area contributed by atoms with Gasteiger partial charge in [-0.3, -0.25) is 9.59 Å². The fourth-order valence-corrected chi connectivity index (χ4v) is 3.23. The molecule has 0 heterocycles. The summed E-state index contributed by atoms with van der Waals surface area (Å²) in [6, 6.07) is 0. The summed E-state index contributed by atoms with van der Waals surface area (Å²) in [6.07, 6.45) is 4.84. The molecule has 1 unspecified atom stereocenters. The van der Waals surface area contributed by atoms with E-state index >= 15 is 0 Å². The SMILES string of the molecule is C=C1CCCC(C)(C)[C@@H]1CCC(C(C)=O)C(=O)OC. The number of allylic oxidation sites excluding steroid dienone is 1. The molecule has 0 aromatic rings. The number of rotatable bonds is 5. The highest BCUT2D eigenvalue weighted by Crippen LogP contribution is 2.45. The molecule has 0 spiro atoms. The highest BCUT2D eigenvalue weighted by Gasteiger charge is 2.35. The molecular formula is C16H26O3. The van der Waals surface area contributed by atoms with Gasteiger partial charge in [-0.2, -0.15) is 0 Å². The Morgan fingerprint density at radius 2 is 2.11 bits per heavy atom. The number of esters is 1. The Labute approximate surface area is 116 Å². The van der Waals surface area contributed by atoms with Gasteiger partial charge < -0.3 is 4.74 Å². The maximum Gasteiger partial charge on any atom is 0.316 e. The standard InChI is InChI=1S/C16H26O3/c1-11-7-6-10-16(3,4)14(11)9-8-13(12(2)17)15(18)19-5/h13-14H,1,6-10H2,2-5H3/t13?,14-/m1/s1. The first-order valence-electron chi connectivity index (χ1n) is 7.05. The van der Waals surface area contributed by atoms with Gasteiger partial charge in [0.2, 0.25) is 0 Å². The van der Waals surface area contributed by atoms with Crippen molar-refractivity contribution >= 4 is 11.8 Å². The number of carbonyl (C=O) groups excluding carboxylic acids is 2. The molecule has 2 atom stereocenters. The van der Waals surface area contributed by atoms with E-state index in [0.29, 0.717) is 12.3 Å². The van der Waals surface area contributed by atoms with Crippen molar-refractivity contribution in [3.05, 3.63) is 12.2 Å². The maximum atomic E-state index is 11.6. The van der Waals surface area contributed by atoms with Crippen LogP contribution in [0.3, 0.4) is 0 Å². The van der Waals surface area contributed by atoms with Crippen molar-refractivity contribution in [1.29, 1.82) is 0 Å². The monoisotopic (exact) mass is 266 g/mol. The van der Waals surface area contributed by atoms with E-state index < -0.39 is 11.9 Å². The van der Waals surface area contributed by atoms with Gasteiger partial charge in [-0.15, -0.1) is 0 Å². The minimum atomic E-state index is -0.615. The third kappa shape index (κ3) is 3.92. The number of ketones is 1. The van der Waals surface area contributed by atoms with Crippen molar-refractivity contribution in [3.8, 4) is 0 Å². The summed E-state index contributed by atoms with van der Waals surface area (Å²) >= 11 is 0. The lowest BCUT2D eigenvalue weighted by molar-refractivity contribution is -0.149. The predicted octanol–water partition coefficient (Wildman–Crippen LogP) is 3.53. The second-order valence-corrected chi connectivity index (χ2v) is 6.32. The zero-order chi connectivity index (χ0) is 14.6. The van der Waals surface area contributed by atoms with Crippen molar-refractivity contribution in [1.82, 2.24) is 0 Å². The predicted molar refractivity (Wildman–Crippen MR) is 75.7 cm³/mol. The van der Waals surface area contributed by atoms with Crippen LogP contribution in [0.5, 0.6) is 0 Å². The van der Waals surface area contributed by atoms with Crippen molar-refractivity contribution in [2.75, 3.05) is 7.11 Å². The average Bonchev–Trinajstić information content (AvgIpc) is 2.31. The van der Waals surface area contributed by atoms with Gasteiger partial charge in [0.15, 0.2) is 0 Å². The van der Waals surface area contributed by atoms with Gasteiger partial charge in [0, 0.05) is 0 Å². The molecule has 1 aliphatic rings. The second-order valence-electron chi connectivity index (χ2n) is 6.32. The van der Waals surface area contributed by atoms with Crippen molar-refractivity contribution < 1.29 is 14.3 Å². The minimum Gasteiger partial charge on any atom is -0.468 e. The van der Waals surface area contributed by atoms with Crippen LogP contribution in [0.4, 0.5) is 0 Å². The maximum absolute atomic E-state index is 11.6. The van der Waals surface area contributed by atoms with E-state index in [4.69, 9.17) is 4.74 Å². The van der Waals surface area contributed by atoms with Gasteiger partial charge in [0.25, 0.3) is 0 Å². The Balaban J connectivity index is 2.69. The lowest BCUT2D eigenvalue weighted by Crippen LogP contribution is -2.31. The summed E-state index contributed by atoms with van der Waals surface area (Å²) in [5.74, 6) is -0.735. The number of methoxy groups -OCH3 is 1. The molecule has 0 bridgehead atoms. The molecule has 0 aromatic carbocycles. The summed E-state index contributed by atoms with van der Waals surface area (Å²) in [5.41, 5.74) is 1.48. The van der Waals surface area contributed by atoms with E-state index in [2.05, 4.69) is 20.4 Å². The molecular weight excluding hydrogens is 240 g/mol. The highest BCUT2D eigenvalue weighted by atomic mass is 16.5. The van der Waals surface area contributed by atoms with E-state index in [0.717, 1.165) is 12.8 Å². The van der Waals surface area contributed by atoms with Crippen LogP contribution < -0.4 is 0 Å². The molecule has 0 aromatic heterocycles. The van der Waals surface area contributed by atoms with Gasteiger partial charge in [-0.25, -0.2) is 0 Å². The first-order valence-corrected chi connectivity index (χ1v) is 7.05. The van der Waals surface area contributed by atoms with Gasteiger partial charge in [-0.05, 0) is 50.4 Å². The van der Waals surface area contributed by atoms with E-state index in [-0.39, 0.29) is 11.2 Å². The van der Waals surface area contributed by atoms with E-state index in [1.54, 1.807) is 0 Å². The quantitative estimate of drug-likeness (QED) is 0.434. The van der Waals surface area contributed by atoms with E-state index in [1.807, 2.05) is 0 Å². The van der Waals surface area contributed by atoms with Gasteiger partial charge in [-0.1, -0.05) is 26.0 Å². The molecule has 0 radical (unpaired) electrons. The van der Waals surface area contributed by atoms with Crippen molar-refractivity contribution in [2.24, 2.45) is 17.3 Å². The molecule has 3 nitrogen and oxygen atoms in total. The van der Waals surface area contributed by atoms with Gasteiger partial charge in [0.05, 0.1) is 7.11 Å². The van der Waals surface area contributed by atoms with Crippen molar-refractivity contribution in [2.45, 2.75) is 52.9 Å². The van der Waals surface area contributed by atoms with Crippen LogP contribution in [-0.2, 0) is 14.3 Å². The third-order valence-corrected chi connectivity index (χ3v) is 4.48. The lowest BCUT2D eigenvalue weighted by Gasteiger charge is -2.40. The van der Waals surface area contributed by atoms with Gasteiger partial charge in [0.1, 0.15) is 11.7 Å². The fraction of sp³-hybridized carbons (Fsp3) is 0.750. The Morgan fingerprint density at radius 3 is 2.58 bits per heavy atom. The Kier molecular flexibility index (Phi) is 5.33. The fourth-order valence-electron chi connectivity index (χ4n) is 3.23. The van der Waals surface area contributed by atoms with Crippen molar-refractivity contribution in [3.63, 3.8) is 0 Å². The molecule has 1 saturated carbocycles. The number of hydrogen-bond acceptors (Lipinski definition) is 3. The lowest BCUT2D eigenvalue weighted by atomic mass is 9.64. The van der Waals surface area contributed by atoms with Crippen LogP contribution in [-0.4, -0.2) is 18.9 Å². The van der Waals surface area contributed by atoms with E-state index in [1.165, 1.54) is 32.4 Å². The molecule has 1 aliphatic carbocycles. The van der Waals surface area contributed by atoms with Crippen LogP contribution in [0.1, 0.15) is 52.9 Å². The first kappa shape index (κ1) is 15.9. The summed E-state index contributed by atoms with van der Waals surface area (Å²) in [7, 11) is 1.34. The topological polar surface area (TPSA) is 43.4 Å². The van der Waals surface area contributed by atoms with E-state index in [9.17, 15) is 9.59 Å². The number of Topliss-reactive ketones (excluding diaryl/α,β-unsaturated/α-hetero) is 1. The number of carbonyl (C=O) groups is 2. The molecule has 1 rings (SSSR count). The molecule has 0 saturated heterocycles. The number of hydrogen-bond donors (Lipinski definition) is 0. The average molecular weight is 266 g/mol. The summed E-state index contributed by atoms with van der Waals surface area (Å²) in [6.45, 7) is 10.1. The smallest absolute Gasteiger partial charge is 0.316 e. The summed E-state index contributed by atoms with van der Waals surface area (Å²) in [5, 5.41) is 0. The Morgan fingerprint density at radius 1 is 1.47 bits per heavy atom. The third-order valence-electron chi connectivity index (χ3n) is 4.48. The van der Waals surface area contributed by atoms with Crippen LogP contribution in [0.2, 0.25) is 0 Å². The molecule has 1 fully saturated rings. The minimum absolute atomic E-state index is 0.105. The Hall–Kier alpha value is -1.12. The van der Waals surface area contributed by atoms with Crippen LogP contribution >= 0.6 is 0 Å². The first-order chi connectivity index (χ1) is 8.79. The molecule has 0 amide bonds. The molecule has 19 heavy (non-hydrogen) atoms. The normalized spacial score (nSPS) is 23.8. The van der Waals surface area contributed by atoms with Crippen LogP contribution in [0, 0.1) is 17.3 Å². The van der Waals surface area contributed by atoms with Gasteiger partial charge >= 0.3 is 5.97 Å². The molecule has 108 valence electrons.